The normalized spacial score (nSPS) is 10.8. The minimum atomic E-state index is 0.295. The van der Waals surface area contributed by atoms with Gasteiger partial charge >= 0.3 is 0 Å². The van der Waals surface area contributed by atoms with E-state index in [1.54, 1.807) is 0 Å². The summed E-state index contributed by atoms with van der Waals surface area (Å²) in [6.45, 7) is 2.04. The number of rotatable bonds is 2. The van der Waals surface area contributed by atoms with E-state index in [0.717, 1.165) is 11.0 Å². The summed E-state index contributed by atoms with van der Waals surface area (Å²) in [6, 6.07) is 7.92. The number of ether oxygens (including phenoxy) is 1. The van der Waals surface area contributed by atoms with E-state index >= 15 is 0 Å². The summed E-state index contributed by atoms with van der Waals surface area (Å²) in [5, 5.41) is 1.02. The lowest BCUT2D eigenvalue weighted by molar-refractivity contribution is 0.413. The van der Waals surface area contributed by atoms with Crippen molar-refractivity contribution >= 4 is 16.8 Å². The molecular weight excluding hydrogens is 242 g/mol. The number of fused-ring (bicyclic) bond motifs is 1. The molecule has 0 bridgehead atoms. The number of furan rings is 1. The topological polar surface area (TPSA) is 74.2 Å². The molecule has 19 heavy (non-hydrogen) atoms. The highest BCUT2D eigenvalue weighted by atomic mass is 16.5. The van der Waals surface area contributed by atoms with E-state index in [9.17, 15) is 0 Å². The number of hydrogen-bond acceptors (Lipinski definition) is 5. The molecule has 5 heteroatoms. The summed E-state index contributed by atoms with van der Waals surface area (Å²) in [5.41, 5.74) is 8.31. The van der Waals surface area contributed by atoms with Crippen molar-refractivity contribution in [3.8, 4) is 17.2 Å². The van der Waals surface area contributed by atoms with Gasteiger partial charge in [0.15, 0.2) is 23.0 Å². The fourth-order valence-electron chi connectivity index (χ4n) is 2.04. The van der Waals surface area contributed by atoms with Crippen LogP contribution in [-0.2, 0) is 0 Å². The second kappa shape index (κ2) is 4.28. The van der Waals surface area contributed by atoms with Crippen LogP contribution in [0.4, 0.5) is 5.82 Å². The molecule has 0 saturated carbocycles. The first-order chi connectivity index (χ1) is 9.19. The summed E-state index contributed by atoms with van der Waals surface area (Å²) in [4.78, 5) is 8.09. The van der Waals surface area contributed by atoms with Crippen LogP contribution in [0.3, 0.4) is 0 Å². The van der Waals surface area contributed by atoms with Crippen LogP contribution in [0, 0.1) is 6.92 Å². The third-order valence-corrected chi connectivity index (χ3v) is 2.94. The predicted molar refractivity (Wildman–Crippen MR) is 72.9 cm³/mol. The van der Waals surface area contributed by atoms with Crippen LogP contribution in [0.1, 0.15) is 5.56 Å². The smallest absolute Gasteiger partial charge is 0.190 e. The van der Waals surface area contributed by atoms with Crippen LogP contribution in [0.2, 0.25) is 0 Å². The third-order valence-electron chi connectivity index (χ3n) is 2.94. The zero-order valence-corrected chi connectivity index (χ0v) is 10.7. The Morgan fingerprint density at radius 1 is 1.21 bits per heavy atom. The Labute approximate surface area is 110 Å². The van der Waals surface area contributed by atoms with Crippen molar-refractivity contribution in [1.29, 1.82) is 0 Å². The molecule has 1 aromatic carbocycles. The minimum absolute atomic E-state index is 0.295. The second-order valence-corrected chi connectivity index (χ2v) is 4.29. The van der Waals surface area contributed by atoms with Gasteiger partial charge in [-0.3, -0.25) is 0 Å². The third kappa shape index (κ3) is 1.89. The van der Waals surface area contributed by atoms with Crippen molar-refractivity contribution < 1.29 is 9.15 Å². The molecule has 0 fully saturated rings. The molecule has 3 aromatic rings. The Bertz CT molecular complexity index is 750. The first-order valence-corrected chi connectivity index (χ1v) is 5.84. The summed E-state index contributed by atoms with van der Waals surface area (Å²) < 4.78 is 11.0. The molecule has 0 saturated heterocycles. The molecule has 3 rings (SSSR count). The molecule has 0 spiro atoms. The van der Waals surface area contributed by atoms with Crippen LogP contribution in [0.15, 0.2) is 35.0 Å². The van der Waals surface area contributed by atoms with Gasteiger partial charge in [0.2, 0.25) is 0 Å². The van der Waals surface area contributed by atoms with Gasteiger partial charge in [-0.05, 0) is 25.1 Å². The summed E-state index contributed by atoms with van der Waals surface area (Å²) in [6.07, 6.45) is 1.39. The van der Waals surface area contributed by atoms with Crippen molar-refractivity contribution in [3.63, 3.8) is 0 Å². The lowest BCUT2D eigenvalue weighted by Crippen LogP contribution is -1.99. The Kier molecular flexibility index (Phi) is 2.59. The van der Waals surface area contributed by atoms with E-state index in [4.69, 9.17) is 14.9 Å². The highest BCUT2D eigenvalue weighted by Gasteiger charge is 2.15. The Morgan fingerprint density at radius 3 is 2.84 bits per heavy atom. The monoisotopic (exact) mass is 255 g/mol. The Hall–Kier alpha value is -2.56. The lowest BCUT2D eigenvalue weighted by Gasteiger charge is -2.06. The summed E-state index contributed by atoms with van der Waals surface area (Å²) in [5.74, 6) is 1.34. The van der Waals surface area contributed by atoms with Gasteiger partial charge in [0, 0.05) is 5.39 Å². The van der Waals surface area contributed by atoms with Crippen LogP contribution in [0.25, 0.3) is 22.4 Å². The fourth-order valence-corrected chi connectivity index (χ4v) is 2.04. The number of nitrogen functional groups attached to an aromatic ring is 1. The van der Waals surface area contributed by atoms with E-state index in [1.807, 2.05) is 25.1 Å². The zero-order chi connectivity index (χ0) is 13.4. The lowest BCUT2D eigenvalue weighted by atomic mass is 10.2. The van der Waals surface area contributed by atoms with E-state index in [1.165, 1.54) is 19.0 Å². The maximum absolute atomic E-state index is 5.78. The molecule has 0 aliphatic heterocycles. The first-order valence-electron chi connectivity index (χ1n) is 5.84. The van der Waals surface area contributed by atoms with E-state index < -0.39 is 0 Å². The zero-order valence-electron chi connectivity index (χ0n) is 10.7. The molecule has 2 heterocycles. The Morgan fingerprint density at radius 2 is 2.05 bits per heavy atom. The highest BCUT2D eigenvalue weighted by molar-refractivity contribution is 5.84. The van der Waals surface area contributed by atoms with Gasteiger partial charge in [-0.1, -0.05) is 11.6 Å². The van der Waals surface area contributed by atoms with Crippen molar-refractivity contribution in [2.24, 2.45) is 0 Å². The second-order valence-electron chi connectivity index (χ2n) is 4.29. The number of aromatic nitrogens is 2. The molecule has 5 nitrogen and oxygen atoms in total. The maximum atomic E-state index is 5.78. The van der Waals surface area contributed by atoms with E-state index in [-0.39, 0.29) is 0 Å². The number of methoxy groups -OCH3 is 1. The molecule has 0 unspecified atom stereocenters. The van der Waals surface area contributed by atoms with E-state index in [2.05, 4.69) is 16.0 Å². The van der Waals surface area contributed by atoms with Crippen LogP contribution < -0.4 is 10.5 Å². The average molecular weight is 255 g/mol. The largest absolute Gasteiger partial charge is 0.491 e. The van der Waals surface area contributed by atoms with Crippen LogP contribution >= 0.6 is 0 Å². The first kappa shape index (κ1) is 11.5. The van der Waals surface area contributed by atoms with Crippen LogP contribution in [-0.4, -0.2) is 17.1 Å². The molecule has 0 radical (unpaired) electrons. The van der Waals surface area contributed by atoms with Gasteiger partial charge in [0.1, 0.15) is 11.9 Å². The highest BCUT2D eigenvalue weighted by Crippen LogP contribution is 2.34. The van der Waals surface area contributed by atoms with E-state index in [0.29, 0.717) is 23.0 Å². The SMILES string of the molecule is COc1c(N)ncnc1-c1cc2cc(C)ccc2o1. The van der Waals surface area contributed by atoms with Crippen LogP contribution in [0.5, 0.6) is 5.75 Å². The fraction of sp³-hybridized carbons (Fsp3) is 0.143. The molecule has 0 atom stereocenters. The number of aryl methyl sites for hydroxylation is 1. The van der Waals surface area contributed by atoms with Gasteiger partial charge in [0.25, 0.3) is 0 Å². The van der Waals surface area contributed by atoms with Gasteiger partial charge in [-0.15, -0.1) is 0 Å². The minimum Gasteiger partial charge on any atom is -0.491 e. The average Bonchev–Trinajstić information content (AvgIpc) is 2.81. The number of benzene rings is 1. The van der Waals surface area contributed by atoms with Crippen molar-refractivity contribution in [3.05, 3.63) is 36.2 Å². The molecule has 96 valence electrons. The summed E-state index contributed by atoms with van der Waals surface area (Å²) in [7, 11) is 1.53. The number of nitrogens with two attached hydrogens (primary N) is 1. The molecule has 2 N–H and O–H groups in total. The quantitative estimate of drug-likeness (QED) is 0.762. The van der Waals surface area contributed by atoms with Gasteiger partial charge in [-0.2, -0.15) is 0 Å². The number of hydrogen-bond donors (Lipinski definition) is 1. The predicted octanol–water partition coefficient (Wildman–Crippen LogP) is 2.79. The maximum Gasteiger partial charge on any atom is 0.190 e. The van der Waals surface area contributed by atoms with Crippen molar-refractivity contribution in [2.45, 2.75) is 6.92 Å². The number of nitrogens with zero attached hydrogens (tertiary/aromatic N) is 2. The van der Waals surface area contributed by atoms with Gasteiger partial charge in [0.05, 0.1) is 7.11 Å². The van der Waals surface area contributed by atoms with Crippen molar-refractivity contribution in [2.75, 3.05) is 12.8 Å². The molecule has 0 amide bonds. The standard InChI is InChI=1S/C14H13N3O2/c1-8-3-4-10-9(5-8)6-11(19-10)12-13(18-2)14(15)17-7-16-12/h3-7H,1-2H3,(H2,15,16,17). The molecular formula is C14H13N3O2. The number of anilines is 1. The van der Waals surface area contributed by atoms with Gasteiger partial charge in [-0.25, -0.2) is 9.97 Å². The summed E-state index contributed by atoms with van der Waals surface area (Å²) >= 11 is 0. The molecule has 2 aromatic heterocycles. The Balaban J connectivity index is 2.22. The molecule has 0 aliphatic carbocycles. The molecule has 0 aliphatic rings. The van der Waals surface area contributed by atoms with Crippen molar-refractivity contribution in [1.82, 2.24) is 9.97 Å². The van der Waals surface area contributed by atoms with Gasteiger partial charge < -0.3 is 14.9 Å².